The number of hydrogen-bond donors (Lipinski definition) is 1. The molecule has 1 aromatic heterocycles. The van der Waals surface area contributed by atoms with Crippen LogP contribution in [0.4, 0.5) is 0 Å². The predicted octanol–water partition coefficient (Wildman–Crippen LogP) is 1.41. The van der Waals surface area contributed by atoms with Gasteiger partial charge in [0.05, 0.1) is 0 Å². The van der Waals surface area contributed by atoms with Gasteiger partial charge in [0, 0.05) is 19.1 Å². The fourth-order valence-corrected chi connectivity index (χ4v) is 3.81. The van der Waals surface area contributed by atoms with Crippen LogP contribution in [0.15, 0.2) is 26.3 Å². The van der Waals surface area contributed by atoms with E-state index in [9.17, 15) is 8.42 Å². The molecule has 1 aliphatic rings. The lowest BCUT2D eigenvalue weighted by molar-refractivity contribution is 0.285. The van der Waals surface area contributed by atoms with Gasteiger partial charge in [0.1, 0.15) is 0 Å². The van der Waals surface area contributed by atoms with E-state index in [1.165, 1.54) is 10.4 Å². The maximum atomic E-state index is 12.2. The first-order chi connectivity index (χ1) is 8.04. The van der Waals surface area contributed by atoms with Crippen molar-refractivity contribution in [3.63, 3.8) is 0 Å². The molecule has 0 spiro atoms. The van der Waals surface area contributed by atoms with Gasteiger partial charge in [-0.25, -0.2) is 8.42 Å². The summed E-state index contributed by atoms with van der Waals surface area (Å²) in [6.07, 6.45) is 1.87. The summed E-state index contributed by atoms with van der Waals surface area (Å²) in [6, 6.07) is 3.28. The molecular formula is C10H15BrN2O3S. The minimum absolute atomic E-state index is 0.00104. The van der Waals surface area contributed by atoms with Gasteiger partial charge in [-0.05, 0) is 48.0 Å². The topological polar surface area (TPSA) is 62.6 Å². The van der Waals surface area contributed by atoms with Gasteiger partial charge in [0.2, 0.25) is 5.09 Å². The second-order valence-electron chi connectivity index (χ2n) is 4.05. The summed E-state index contributed by atoms with van der Waals surface area (Å²) in [5, 5.41) is 3.12. The molecule has 0 aromatic carbocycles. The minimum atomic E-state index is -3.49. The molecule has 1 fully saturated rings. The summed E-state index contributed by atoms with van der Waals surface area (Å²) in [7, 11) is -1.64. The SMILES string of the molecule is CNC1CCCN(S(=O)(=O)c2ccc(Br)o2)C1. The van der Waals surface area contributed by atoms with Crippen LogP contribution in [0.1, 0.15) is 12.8 Å². The molecule has 0 bridgehead atoms. The molecule has 0 aliphatic carbocycles. The molecule has 1 aromatic rings. The highest BCUT2D eigenvalue weighted by molar-refractivity contribution is 9.10. The second-order valence-corrected chi connectivity index (χ2v) is 6.70. The van der Waals surface area contributed by atoms with Crippen LogP contribution in [0.25, 0.3) is 0 Å². The molecule has 1 atom stereocenters. The van der Waals surface area contributed by atoms with E-state index in [0.29, 0.717) is 17.8 Å². The van der Waals surface area contributed by atoms with Crippen LogP contribution in [0.2, 0.25) is 0 Å². The molecule has 7 heteroatoms. The minimum Gasteiger partial charge on any atom is -0.437 e. The quantitative estimate of drug-likeness (QED) is 0.914. The molecular weight excluding hydrogens is 308 g/mol. The standard InChI is InChI=1S/C10H15BrN2O3S/c1-12-8-3-2-6-13(7-8)17(14,15)10-5-4-9(11)16-10/h4-5,8,12H,2-3,6-7H2,1H3. The Hall–Kier alpha value is -0.370. The molecule has 96 valence electrons. The lowest BCUT2D eigenvalue weighted by atomic mass is 10.1. The molecule has 0 saturated carbocycles. The molecule has 2 heterocycles. The fourth-order valence-electron chi connectivity index (χ4n) is 1.96. The number of nitrogens with one attached hydrogen (secondary N) is 1. The number of sulfonamides is 1. The number of hydrogen-bond acceptors (Lipinski definition) is 4. The van der Waals surface area contributed by atoms with E-state index < -0.39 is 10.0 Å². The highest BCUT2D eigenvalue weighted by atomic mass is 79.9. The average Bonchev–Trinajstić information content (AvgIpc) is 2.76. The molecule has 1 N–H and O–H groups in total. The summed E-state index contributed by atoms with van der Waals surface area (Å²) in [5.41, 5.74) is 0. The number of halogens is 1. The van der Waals surface area contributed by atoms with Crippen molar-refractivity contribution < 1.29 is 12.8 Å². The van der Waals surface area contributed by atoms with Gasteiger partial charge in [0.15, 0.2) is 4.67 Å². The molecule has 1 unspecified atom stereocenters. The second kappa shape index (κ2) is 5.09. The van der Waals surface area contributed by atoms with Gasteiger partial charge in [-0.2, -0.15) is 4.31 Å². The molecule has 17 heavy (non-hydrogen) atoms. The van der Waals surface area contributed by atoms with Crippen molar-refractivity contribution in [1.29, 1.82) is 0 Å². The van der Waals surface area contributed by atoms with E-state index in [1.807, 2.05) is 7.05 Å². The van der Waals surface area contributed by atoms with Gasteiger partial charge >= 0.3 is 0 Å². The highest BCUT2D eigenvalue weighted by Gasteiger charge is 2.31. The Balaban J connectivity index is 2.21. The van der Waals surface area contributed by atoms with E-state index in [2.05, 4.69) is 21.2 Å². The first-order valence-electron chi connectivity index (χ1n) is 5.47. The number of rotatable bonds is 3. The third-order valence-corrected chi connectivity index (χ3v) is 5.10. The van der Waals surface area contributed by atoms with E-state index in [1.54, 1.807) is 6.07 Å². The van der Waals surface area contributed by atoms with Crippen molar-refractivity contribution in [3.05, 3.63) is 16.8 Å². The zero-order valence-electron chi connectivity index (χ0n) is 9.52. The van der Waals surface area contributed by atoms with Gasteiger partial charge in [-0.3, -0.25) is 0 Å². The van der Waals surface area contributed by atoms with Crippen LogP contribution >= 0.6 is 15.9 Å². The van der Waals surface area contributed by atoms with Crippen LogP contribution in [-0.4, -0.2) is 38.9 Å². The van der Waals surface area contributed by atoms with Crippen LogP contribution < -0.4 is 5.32 Å². The van der Waals surface area contributed by atoms with Crippen LogP contribution in [0, 0.1) is 0 Å². The van der Waals surface area contributed by atoms with Crippen molar-refractivity contribution in [1.82, 2.24) is 9.62 Å². The molecule has 2 rings (SSSR count). The number of nitrogens with zero attached hydrogens (tertiary/aromatic N) is 1. The van der Waals surface area contributed by atoms with Gasteiger partial charge in [-0.1, -0.05) is 0 Å². The molecule has 0 amide bonds. The van der Waals surface area contributed by atoms with Gasteiger partial charge in [0.25, 0.3) is 10.0 Å². The monoisotopic (exact) mass is 322 g/mol. The molecule has 0 radical (unpaired) electrons. The average molecular weight is 323 g/mol. The van der Waals surface area contributed by atoms with E-state index in [-0.39, 0.29) is 11.1 Å². The largest absolute Gasteiger partial charge is 0.437 e. The van der Waals surface area contributed by atoms with E-state index in [4.69, 9.17) is 4.42 Å². The lowest BCUT2D eigenvalue weighted by Gasteiger charge is -2.30. The Morgan fingerprint density at radius 2 is 2.29 bits per heavy atom. The van der Waals surface area contributed by atoms with E-state index >= 15 is 0 Å². The Bertz CT molecular complexity index is 485. The maximum absolute atomic E-state index is 12.2. The Morgan fingerprint density at radius 3 is 2.88 bits per heavy atom. The molecule has 1 aliphatic heterocycles. The first-order valence-corrected chi connectivity index (χ1v) is 7.70. The lowest BCUT2D eigenvalue weighted by Crippen LogP contribution is -2.46. The number of furan rings is 1. The molecule has 1 saturated heterocycles. The summed E-state index contributed by atoms with van der Waals surface area (Å²) in [6.45, 7) is 1.05. The highest BCUT2D eigenvalue weighted by Crippen LogP contribution is 2.24. The molecule has 5 nitrogen and oxygen atoms in total. The van der Waals surface area contributed by atoms with Crippen molar-refractivity contribution in [2.75, 3.05) is 20.1 Å². The zero-order valence-corrected chi connectivity index (χ0v) is 11.9. The van der Waals surface area contributed by atoms with Crippen molar-refractivity contribution in [2.45, 2.75) is 24.0 Å². The Labute approximate surface area is 109 Å². The third kappa shape index (κ3) is 2.73. The zero-order chi connectivity index (χ0) is 12.5. The third-order valence-electron chi connectivity index (χ3n) is 2.94. The Morgan fingerprint density at radius 1 is 1.53 bits per heavy atom. The summed E-state index contributed by atoms with van der Waals surface area (Å²) < 4.78 is 31.5. The van der Waals surface area contributed by atoms with Gasteiger partial charge < -0.3 is 9.73 Å². The normalized spacial score (nSPS) is 22.8. The van der Waals surface area contributed by atoms with Crippen molar-refractivity contribution in [2.24, 2.45) is 0 Å². The Kier molecular flexibility index (Phi) is 3.92. The van der Waals surface area contributed by atoms with Gasteiger partial charge in [-0.15, -0.1) is 0 Å². The van der Waals surface area contributed by atoms with E-state index in [0.717, 1.165) is 12.8 Å². The maximum Gasteiger partial charge on any atom is 0.276 e. The van der Waals surface area contributed by atoms with Crippen molar-refractivity contribution in [3.8, 4) is 0 Å². The summed E-state index contributed by atoms with van der Waals surface area (Å²) in [4.78, 5) is 0. The summed E-state index contributed by atoms with van der Waals surface area (Å²) >= 11 is 3.11. The van der Waals surface area contributed by atoms with Crippen LogP contribution in [0.5, 0.6) is 0 Å². The number of piperidine rings is 1. The van der Waals surface area contributed by atoms with Crippen molar-refractivity contribution >= 4 is 26.0 Å². The fraction of sp³-hybridized carbons (Fsp3) is 0.600. The summed E-state index contributed by atoms with van der Waals surface area (Å²) in [5.74, 6) is 0. The van der Waals surface area contributed by atoms with Crippen LogP contribution in [0.3, 0.4) is 0 Å². The smallest absolute Gasteiger partial charge is 0.276 e. The predicted molar refractivity (Wildman–Crippen MR) is 67.2 cm³/mol. The number of likely N-dealkylation sites (N-methyl/N-ethyl adjacent to an activating group) is 1. The van der Waals surface area contributed by atoms with Crippen LogP contribution in [-0.2, 0) is 10.0 Å². The first kappa shape index (κ1) is 13.1.